The summed E-state index contributed by atoms with van der Waals surface area (Å²) in [6.07, 6.45) is 1.45. The number of hydrogen-bond acceptors (Lipinski definition) is 2. The summed E-state index contributed by atoms with van der Waals surface area (Å²) in [5.74, 6) is -0.334. The van der Waals surface area contributed by atoms with Crippen LogP contribution < -0.4 is 5.32 Å². The van der Waals surface area contributed by atoms with Crippen molar-refractivity contribution in [2.75, 3.05) is 5.32 Å². The molecule has 3 aromatic carbocycles. The summed E-state index contributed by atoms with van der Waals surface area (Å²) in [4.78, 5) is 13.4. The number of rotatable bonds is 7. The first-order valence-corrected chi connectivity index (χ1v) is 10.5. The van der Waals surface area contributed by atoms with Gasteiger partial charge >= 0.3 is 0 Å². The summed E-state index contributed by atoms with van der Waals surface area (Å²) in [5, 5.41) is 14.3. The lowest BCUT2D eigenvalue weighted by Crippen LogP contribution is -2.39. The lowest BCUT2D eigenvalue weighted by Gasteiger charge is -2.26. The number of nitrogens with one attached hydrogen (secondary N) is 1. The Balaban J connectivity index is 1.92. The lowest BCUT2D eigenvalue weighted by molar-refractivity contribution is -0.122. The molecule has 30 heavy (non-hydrogen) atoms. The first kappa shape index (κ1) is 21.9. The quantitative estimate of drug-likeness (QED) is 0.459. The molecule has 0 fully saturated rings. The van der Waals surface area contributed by atoms with Crippen LogP contribution in [-0.2, 0) is 24.1 Å². The average Bonchev–Trinajstić information content (AvgIpc) is 2.77. The zero-order valence-electron chi connectivity index (χ0n) is 16.7. The lowest BCUT2D eigenvalue weighted by atomic mass is 9.76. The van der Waals surface area contributed by atoms with Crippen LogP contribution in [-0.4, -0.2) is 5.91 Å². The fraction of sp³-hybridized carbons (Fsp3) is 0.200. The van der Waals surface area contributed by atoms with Gasteiger partial charge in [0.2, 0.25) is 5.91 Å². The summed E-state index contributed by atoms with van der Waals surface area (Å²) >= 11 is 12.0. The van der Waals surface area contributed by atoms with Gasteiger partial charge in [-0.1, -0.05) is 66.5 Å². The Kier molecular flexibility index (Phi) is 7.15. The number of carbonyl (C=O) groups is 1. The third-order valence-electron chi connectivity index (χ3n) is 5.11. The van der Waals surface area contributed by atoms with E-state index in [1.807, 2.05) is 48.5 Å². The second-order valence-electron chi connectivity index (χ2n) is 7.30. The second kappa shape index (κ2) is 9.80. The molecular formula is C25H22Cl2N2O. The van der Waals surface area contributed by atoms with Crippen molar-refractivity contribution in [2.45, 2.75) is 26.2 Å². The summed E-state index contributed by atoms with van der Waals surface area (Å²) in [6.45, 7) is 2.08. The summed E-state index contributed by atoms with van der Waals surface area (Å²) in [6, 6.07) is 24.4. The monoisotopic (exact) mass is 436 g/mol. The molecule has 152 valence electrons. The van der Waals surface area contributed by atoms with Gasteiger partial charge in [-0.15, -0.1) is 0 Å². The number of nitriles is 1. The molecule has 0 saturated heterocycles. The van der Waals surface area contributed by atoms with Crippen LogP contribution in [0.25, 0.3) is 0 Å². The van der Waals surface area contributed by atoms with Gasteiger partial charge in [0, 0.05) is 28.6 Å². The van der Waals surface area contributed by atoms with E-state index < -0.39 is 5.41 Å². The predicted octanol–water partition coefficient (Wildman–Crippen LogP) is 6.49. The van der Waals surface area contributed by atoms with Crippen LogP contribution in [0.4, 0.5) is 5.69 Å². The molecule has 0 bridgehead atoms. The minimum atomic E-state index is -1.29. The Morgan fingerprint density at radius 1 is 0.833 bits per heavy atom. The largest absolute Gasteiger partial charge is 0.325 e. The maximum atomic E-state index is 13.4. The van der Waals surface area contributed by atoms with Crippen molar-refractivity contribution in [2.24, 2.45) is 5.41 Å². The Bertz CT molecular complexity index is 989. The van der Waals surface area contributed by atoms with Gasteiger partial charge in [-0.05, 0) is 59.5 Å². The Labute approximate surface area is 187 Å². The van der Waals surface area contributed by atoms with Crippen molar-refractivity contribution in [3.05, 3.63) is 99.5 Å². The Morgan fingerprint density at radius 2 is 1.27 bits per heavy atom. The number of nitrogens with zero attached hydrogens (tertiary/aromatic N) is 1. The van der Waals surface area contributed by atoms with E-state index in [0.29, 0.717) is 15.7 Å². The highest BCUT2D eigenvalue weighted by Crippen LogP contribution is 2.31. The smallest absolute Gasteiger partial charge is 0.245 e. The highest BCUT2D eigenvalue weighted by Gasteiger charge is 2.39. The molecule has 3 nitrogen and oxygen atoms in total. The van der Waals surface area contributed by atoms with Crippen molar-refractivity contribution in [3.8, 4) is 6.07 Å². The fourth-order valence-electron chi connectivity index (χ4n) is 3.33. The molecule has 0 aliphatic rings. The first-order chi connectivity index (χ1) is 14.4. The average molecular weight is 437 g/mol. The molecule has 0 radical (unpaired) electrons. The van der Waals surface area contributed by atoms with Crippen molar-refractivity contribution in [1.82, 2.24) is 0 Å². The van der Waals surface area contributed by atoms with E-state index in [1.165, 1.54) is 5.56 Å². The van der Waals surface area contributed by atoms with Crippen LogP contribution in [0, 0.1) is 16.7 Å². The van der Waals surface area contributed by atoms with E-state index in [9.17, 15) is 10.1 Å². The van der Waals surface area contributed by atoms with Gasteiger partial charge in [-0.2, -0.15) is 5.26 Å². The zero-order chi connectivity index (χ0) is 21.6. The summed E-state index contributed by atoms with van der Waals surface area (Å²) in [5.41, 5.74) is 2.30. The van der Waals surface area contributed by atoms with Gasteiger partial charge in [0.1, 0.15) is 5.41 Å². The molecule has 0 atom stereocenters. The molecular weight excluding hydrogens is 415 g/mol. The van der Waals surface area contributed by atoms with E-state index in [0.717, 1.165) is 17.5 Å². The van der Waals surface area contributed by atoms with Gasteiger partial charge in [0.05, 0.1) is 6.07 Å². The van der Waals surface area contributed by atoms with Gasteiger partial charge < -0.3 is 5.32 Å². The topological polar surface area (TPSA) is 52.9 Å². The number of halogens is 2. The molecule has 1 amide bonds. The van der Waals surface area contributed by atoms with Crippen LogP contribution in [0.3, 0.4) is 0 Å². The standard InChI is InChI=1S/C25H22Cl2N2O/c1-2-18-7-13-23(14-8-18)29-24(30)25(17-28,15-19-3-9-21(26)10-4-19)16-20-5-11-22(27)12-6-20/h3-14H,2,15-16H2,1H3,(H,29,30). The predicted molar refractivity (Wildman–Crippen MR) is 123 cm³/mol. The van der Waals surface area contributed by atoms with Crippen LogP contribution in [0.5, 0.6) is 0 Å². The van der Waals surface area contributed by atoms with E-state index in [-0.39, 0.29) is 18.7 Å². The van der Waals surface area contributed by atoms with Crippen LogP contribution in [0.15, 0.2) is 72.8 Å². The van der Waals surface area contributed by atoms with Gasteiger partial charge in [-0.3, -0.25) is 4.79 Å². The van der Waals surface area contributed by atoms with Crippen molar-refractivity contribution in [1.29, 1.82) is 5.26 Å². The van der Waals surface area contributed by atoms with Crippen molar-refractivity contribution >= 4 is 34.8 Å². The Hall–Kier alpha value is -2.80. The zero-order valence-corrected chi connectivity index (χ0v) is 18.2. The van der Waals surface area contributed by atoms with E-state index in [1.54, 1.807) is 24.3 Å². The van der Waals surface area contributed by atoms with E-state index >= 15 is 0 Å². The molecule has 0 heterocycles. The summed E-state index contributed by atoms with van der Waals surface area (Å²) < 4.78 is 0. The highest BCUT2D eigenvalue weighted by atomic mass is 35.5. The van der Waals surface area contributed by atoms with E-state index in [4.69, 9.17) is 23.2 Å². The SMILES string of the molecule is CCc1ccc(NC(=O)C(C#N)(Cc2ccc(Cl)cc2)Cc2ccc(Cl)cc2)cc1. The second-order valence-corrected chi connectivity index (χ2v) is 8.18. The highest BCUT2D eigenvalue weighted by molar-refractivity contribution is 6.30. The normalized spacial score (nSPS) is 11.0. The molecule has 3 aromatic rings. The van der Waals surface area contributed by atoms with Crippen LogP contribution >= 0.6 is 23.2 Å². The van der Waals surface area contributed by atoms with Crippen LogP contribution in [0.2, 0.25) is 10.0 Å². The number of carbonyl (C=O) groups excluding carboxylic acids is 1. The minimum Gasteiger partial charge on any atom is -0.325 e. The number of benzene rings is 3. The summed E-state index contributed by atoms with van der Waals surface area (Å²) in [7, 11) is 0. The number of anilines is 1. The van der Waals surface area contributed by atoms with Gasteiger partial charge in [0.15, 0.2) is 0 Å². The first-order valence-electron chi connectivity index (χ1n) is 9.74. The molecule has 0 aliphatic heterocycles. The third-order valence-corrected chi connectivity index (χ3v) is 5.61. The molecule has 0 saturated carbocycles. The maximum Gasteiger partial charge on any atom is 0.245 e. The molecule has 1 N–H and O–H groups in total. The van der Waals surface area contributed by atoms with Crippen molar-refractivity contribution in [3.63, 3.8) is 0 Å². The molecule has 0 spiro atoms. The van der Waals surface area contributed by atoms with E-state index in [2.05, 4.69) is 18.3 Å². The molecule has 5 heteroatoms. The minimum absolute atomic E-state index is 0.266. The number of hydrogen-bond donors (Lipinski definition) is 1. The third kappa shape index (κ3) is 5.42. The molecule has 0 unspecified atom stereocenters. The van der Waals surface area contributed by atoms with Crippen LogP contribution in [0.1, 0.15) is 23.6 Å². The molecule has 3 rings (SSSR count). The maximum absolute atomic E-state index is 13.4. The molecule has 0 aromatic heterocycles. The molecule has 0 aliphatic carbocycles. The van der Waals surface area contributed by atoms with Gasteiger partial charge in [0.25, 0.3) is 0 Å². The Morgan fingerprint density at radius 3 is 1.67 bits per heavy atom. The number of amides is 1. The van der Waals surface area contributed by atoms with Gasteiger partial charge in [-0.25, -0.2) is 0 Å². The number of aryl methyl sites for hydroxylation is 1. The van der Waals surface area contributed by atoms with Crippen molar-refractivity contribution < 1.29 is 4.79 Å². The fourth-order valence-corrected chi connectivity index (χ4v) is 3.58.